The van der Waals surface area contributed by atoms with E-state index in [9.17, 15) is 9.18 Å². The first-order valence-corrected chi connectivity index (χ1v) is 9.46. The third-order valence-corrected chi connectivity index (χ3v) is 4.98. The van der Waals surface area contributed by atoms with E-state index in [2.05, 4.69) is 20.6 Å². The van der Waals surface area contributed by atoms with Crippen molar-refractivity contribution in [3.05, 3.63) is 53.6 Å². The number of anilines is 2. The second kappa shape index (κ2) is 8.18. The Morgan fingerprint density at radius 1 is 1.31 bits per heavy atom. The average molecular weight is 416 g/mol. The molecule has 0 saturated carbocycles. The molecule has 0 radical (unpaired) electrons. The lowest BCUT2D eigenvalue weighted by molar-refractivity contribution is -0.124. The van der Waals surface area contributed by atoms with Gasteiger partial charge in [-0.15, -0.1) is 0 Å². The number of carbonyl (C=O) groups excluding carboxylic acids is 1. The van der Waals surface area contributed by atoms with Crippen LogP contribution in [0.1, 0.15) is 0 Å². The fourth-order valence-corrected chi connectivity index (χ4v) is 3.31. The number of hydrogen-bond donors (Lipinski definition) is 2. The van der Waals surface area contributed by atoms with Gasteiger partial charge in [-0.25, -0.2) is 14.4 Å². The van der Waals surface area contributed by atoms with Gasteiger partial charge in [0.2, 0.25) is 5.91 Å². The summed E-state index contributed by atoms with van der Waals surface area (Å²) in [5, 5.41) is 6.32. The highest BCUT2D eigenvalue weighted by Gasteiger charge is 2.29. The Kier molecular flexibility index (Phi) is 5.46. The fraction of sp³-hybridized carbons (Fsp3) is 0.250. The number of carbonyl (C=O) groups is 1. The average Bonchev–Trinajstić information content (AvgIpc) is 2.70. The molecule has 1 fully saturated rings. The number of aromatic nitrogens is 2. The quantitative estimate of drug-likeness (QED) is 0.644. The zero-order chi connectivity index (χ0) is 20.4. The van der Waals surface area contributed by atoms with E-state index in [4.69, 9.17) is 16.3 Å². The van der Waals surface area contributed by atoms with Gasteiger partial charge in [0.15, 0.2) is 5.82 Å². The maximum absolute atomic E-state index is 14.2. The molecule has 1 saturated heterocycles. The molecule has 2 aromatic carbocycles. The van der Waals surface area contributed by atoms with Crippen LogP contribution in [-0.2, 0) is 4.79 Å². The van der Waals surface area contributed by atoms with Crippen molar-refractivity contribution in [2.75, 3.05) is 32.0 Å². The van der Waals surface area contributed by atoms with Crippen molar-refractivity contribution in [1.82, 2.24) is 20.2 Å². The number of fused-ring (bicyclic) bond motifs is 1. The molecule has 0 atom stereocenters. The van der Waals surface area contributed by atoms with Crippen LogP contribution in [0.15, 0.2) is 42.7 Å². The number of likely N-dealkylation sites (tertiary alicyclic amines) is 1. The van der Waals surface area contributed by atoms with Gasteiger partial charge in [0.1, 0.15) is 24.0 Å². The normalized spacial score (nSPS) is 14.4. The number of nitrogens with one attached hydrogen (secondary N) is 2. The number of rotatable bonds is 6. The van der Waals surface area contributed by atoms with Gasteiger partial charge in [0.05, 0.1) is 22.8 Å². The Labute approximate surface area is 171 Å². The Morgan fingerprint density at radius 2 is 2.14 bits per heavy atom. The molecule has 0 aliphatic carbocycles. The van der Waals surface area contributed by atoms with Crippen LogP contribution in [0.4, 0.5) is 15.9 Å². The Balaban J connectivity index is 1.51. The predicted molar refractivity (Wildman–Crippen MR) is 109 cm³/mol. The lowest BCUT2D eigenvalue weighted by atomic mass is 10.1. The summed E-state index contributed by atoms with van der Waals surface area (Å²) < 4.78 is 20.2. The number of hydrogen-bond acceptors (Lipinski definition) is 6. The SMILES string of the molecule is CNC(=O)CN1CC(Oc2ccc3ncnc(Nc4cccc(Cl)c4F)c3c2)C1. The highest BCUT2D eigenvalue weighted by atomic mass is 35.5. The van der Waals surface area contributed by atoms with Gasteiger partial charge in [-0.2, -0.15) is 0 Å². The summed E-state index contributed by atoms with van der Waals surface area (Å²) in [5.74, 6) is 0.553. The molecular formula is C20H19ClFN5O2. The topological polar surface area (TPSA) is 79.4 Å². The molecule has 0 unspecified atom stereocenters. The van der Waals surface area contributed by atoms with Crippen LogP contribution in [0.5, 0.6) is 5.75 Å². The first-order valence-electron chi connectivity index (χ1n) is 9.09. The Morgan fingerprint density at radius 3 is 2.93 bits per heavy atom. The van der Waals surface area contributed by atoms with Crippen LogP contribution >= 0.6 is 11.6 Å². The molecule has 1 amide bonds. The van der Waals surface area contributed by atoms with Crippen molar-refractivity contribution in [2.45, 2.75) is 6.10 Å². The number of benzene rings is 2. The molecule has 0 bridgehead atoms. The molecule has 1 aromatic heterocycles. The number of amides is 1. The second-order valence-corrected chi connectivity index (χ2v) is 7.14. The van der Waals surface area contributed by atoms with Crippen LogP contribution in [-0.4, -0.2) is 53.6 Å². The molecule has 9 heteroatoms. The van der Waals surface area contributed by atoms with Gasteiger partial charge < -0.3 is 15.4 Å². The van der Waals surface area contributed by atoms with E-state index < -0.39 is 5.82 Å². The molecule has 7 nitrogen and oxygen atoms in total. The zero-order valence-electron chi connectivity index (χ0n) is 15.7. The summed E-state index contributed by atoms with van der Waals surface area (Å²) in [7, 11) is 1.62. The summed E-state index contributed by atoms with van der Waals surface area (Å²) in [5.41, 5.74) is 0.930. The smallest absolute Gasteiger partial charge is 0.233 e. The lowest BCUT2D eigenvalue weighted by Gasteiger charge is -2.38. The molecule has 29 heavy (non-hydrogen) atoms. The van der Waals surface area contributed by atoms with E-state index in [0.717, 1.165) is 0 Å². The summed E-state index contributed by atoms with van der Waals surface area (Å²) in [6.07, 6.45) is 1.42. The maximum Gasteiger partial charge on any atom is 0.233 e. The predicted octanol–water partition coefficient (Wildman–Crippen LogP) is 2.97. The van der Waals surface area contributed by atoms with Crippen molar-refractivity contribution in [3.8, 4) is 5.75 Å². The Hall–Kier alpha value is -2.97. The molecule has 4 rings (SSSR count). The minimum atomic E-state index is -0.543. The van der Waals surface area contributed by atoms with Crippen molar-refractivity contribution in [1.29, 1.82) is 0 Å². The number of nitrogens with zero attached hydrogens (tertiary/aromatic N) is 3. The fourth-order valence-electron chi connectivity index (χ4n) is 3.14. The van der Waals surface area contributed by atoms with Crippen LogP contribution < -0.4 is 15.4 Å². The highest BCUT2D eigenvalue weighted by Crippen LogP contribution is 2.30. The standard InChI is InChI=1S/C20H19ClFN5O2/c1-23-18(28)10-27-8-13(9-27)29-12-5-6-16-14(7-12)20(25-11-24-16)26-17-4-2-3-15(21)19(17)22/h2-7,11,13H,8-10H2,1H3,(H,23,28)(H,24,25,26). The molecule has 1 aliphatic heterocycles. The largest absolute Gasteiger partial charge is 0.488 e. The third kappa shape index (κ3) is 4.23. The van der Waals surface area contributed by atoms with Crippen molar-refractivity contribution in [2.24, 2.45) is 0 Å². The van der Waals surface area contributed by atoms with E-state index in [-0.39, 0.29) is 22.7 Å². The van der Waals surface area contributed by atoms with Gasteiger partial charge in [-0.3, -0.25) is 9.69 Å². The van der Waals surface area contributed by atoms with Crippen LogP contribution in [0.3, 0.4) is 0 Å². The summed E-state index contributed by atoms with van der Waals surface area (Å²) in [4.78, 5) is 21.9. The molecule has 150 valence electrons. The summed E-state index contributed by atoms with van der Waals surface area (Å²) in [6.45, 7) is 1.71. The minimum Gasteiger partial charge on any atom is -0.488 e. The van der Waals surface area contributed by atoms with Crippen LogP contribution in [0, 0.1) is 5.82 Å². The van der Waals surface area contributed by atoms with Crippen molar-refractivity contribution in [3.63, 3.8) is 0 Å². The molecule has 1 aliphatic rings. The van der Waals surface area contributed by atoms with E-state index in [0.29, 0.717) is 42.1 Å². The van der Waals surface area contributed by atoms with E-state index in [1.54, 1.807) is 19.2 Å². The second-order valence-electron chi connectivity index (χ2n) is 6.73. The van der Waals surface area contributed by atoms with E-state index in [1.807, 2.05) is 23.1 Å². The minimum absolute atomic E-state index is 0.00326. The molecule has 3 aromatic rings. The van der Waals surface area contributed by atoms with Crippen LogP contribution in [0.2, 0.25) is 5.02 Å². The third-order valence-electron chi connectivity index (χ3n) is 4.68. The summed E-state index contributed by atoms with van der Waals surface area (Å²) in [6, 6.07) is 10.2. The monoisotopic (exact) mass is 415 g/mol. The van der Waals surface area contributed by atoms with Crippen LogP contribution in [0.25, 0.3) is 10.9 Å². The van der Waals surface area contributed by atoms with Gasteiger partial charge in [-0.1, -0.05) is 17.7 Å². The van der Waals surface area contributed by atoms with Gasteiger partial charge in [0, 0.05) is 25.5 Å². The first-order chi connectivity index (χ1) is 14.0. The van der Waals surface area contributed by atoms with Gasteiger partial charge >= 0.3 is 0 Å². The maximum atomic E-state index is 14.2. The Bertz CT molecular complexity index is 1060. The van der Waals surface area contributed by atoms with Gasteiger partial charge in [-0.05, 0) is 30.3 Å². The highest BCUT2D eigenvalue weighted by molar-refractivity contribution is 6.31. The molecule has 2 heterocycles. The molecule has 2 N–H and O–H groups in total. The number of halogens is 2. The molecule has 0 spiro atoms. The number of ether oxygens (including phenoxy) is 1. The first kappa shape index (κ1) is 19.4. The van der Waals surface area contributed by atoms with Crippen molar-refractivity contribution < 1.29 is 13.9 Å². The van der Waals surface area contributed by atoms with E-state index in [1.165, 1.54) is 12.4 Å². The molecular weight excluding hydrogens is 397 g/mol. The zero-order valence-corrected chi connectivity index (χ0v) is 16.4. The lowest BCUT2D eigenvalue weighted by Crippen LogP contribution is -2.56. The summed E-state index contributed by atoms with van der Waals surface area (Å²) >= 11 is 5.86. The number of likely N-dealkylation sites (N-methyl/N-ethyl adjacent to an activating group) is 1. The van der Waals surface area contributed by atoms with Crippen molar-refractivity contribution >= 4 is 39.9 Å². The van der Waals surface area contributed by atoms with Gasteiger partial charge in [0.25, 0.3) is 0 Å². The van der Waals surface area contributed by atoms with E-state index >= 15 is 0 Å².